The lowest BCUT2D eigenvalue weighted by Gasteiger charge is -2.14. The number of nitrogens with one attached hydrogen (secondary N) is 1. The van der Waals surface area contributed by atoms with Gasteiger partial charge < -0.3 is 10.1 Å². The maximum absolute atomic E-state index is 12.9. The molecule has 0 saturated heterocycles. The Hall–Kier alpha value is -2.26. The summed E-state index contributed by atoms with van der Waals surface area (Å²) in [6.45, 7) is 2.06. The van der Waals surface area contributed by atoms with Gasteiger partial charge in [-0.05, 0) is 36.6 Å². The SMILES string of the molecule is CCCCCCCCCCCCCCCCOC(=O)CCCC(=O)NCc1cc(C(F)(F)F)cc(C(F)(F)F)c1. The molecule has 1 aromatic rings. The van der Waals surface area contributed by atoms with Crippen LogP contribution < -0.4 is 5.32 Å². The van der Waals surface area contributed by atoms with Gasteiger partial charge in [0.15, 0.2) is 0 Å². The summed E-state index contributed by atoms with van der Waals surface area (Å²) in [6, 6.07) is 1.18. The van der Waals surface area contributed by atoms with Crippen molar-refractivity contribution in [1.82, 2.24) is 5.32 Å². The van der Waals surface area contributed by atoms with Crippen molar-refractivity contribution in [3.05, 3.63) is 34.9 Å². The number of carbonyl (C=O) groups excluding carboxylic acids is 2. The third kappa shape index (κ3) is 17.4. The lowest BCUT2D eigenvalue weighted by Crippen LogP contribution is -2.23. The molecule has 0 bridgehead atoms. The zero-order valence-corrected chi connectivity index (χ0v) is 23.7. The van der Waals surface area contributed by atoms with E-state index in [-0.39, 0.29) is 30.9 Å². The molecule has 230 valence electrons. The Morgan fingerprint density at radius 3 is 1.55 bits per heavy atom. The van der Waals surface area contributed by atoms with E-state index in [1.165, 1.54) is 70.6 Å². The number of halogens is 6. The van der Waals surface area contributed by atoms with E-state index in [9.17, 15) is 35.9 Å². The highest BCUT2D eigenvalue weighted by atomic mass is 19.4. The minimum absolute atomic E-state index is 0.00774. The normalized spacial score (nSPS) is 12.0. The molecule has 1 aromatic carbocycles. The molecule has 10 heteroatoms. The zero-order chi connectivity index (χ0) is 29.9. The Labute approximate surface area is 234 Å². The first-order valence-corrected chi connectivity index (χ1v) is 14.6. The smallest absolute Gasteiger partial charge is 0.416 e. The van der Waals surface area contributed by atoms with E-state index in [1.54, 1.807) is 0 Å². The van der Waals surface area contributed by atoms with Crippen LogP contribution in [0.3, 0.4) is 0 Å². The molecule has 0 aromatic heterocycles. The van der Waals surface area contributed by atoms with E-state index in [2.05, 4.69) is 12.2 Å². The Morgan fingerprint density at radius 2 is 1.10 bits per heavy atom. The molecule has 0 heterocycles. The highest BCUT2D eigenvalue weighted by Crippen LogP contribution is 2.36. The topological polar surface area (TPSA) is 55.4 Å². The molecule has 0 atom stereocenters. The summed E-state index contributed by atoms with van der Waals surface area (Å²) >= 11 is 0. The van der Waals surface area contributed by atoms with Crippen LogP contribution in [0.15, 0.2) is 18.2 Å². The van der Waals surface area contributed by atoms with Gasteiger partial charge in [0, 0.05) is 19.4 Å². The molecule has 0 saturated carbocycles. The van der Waals surface area contributed by atoms with Crippen LogP contribution in [0.1, 0.15) is 133 Å². The summed E-state index contributed by atoms with van der Waals surface area (Å²) in [5.74, 6) is -1.01. The van der Waals surface area contributed by atoms with Crippen LogP contribution >= 0.6 is 0 Å². The Balaban J connectivity index is 2.09. The van der Waals surface area contributed by atoms with Crippen LogP contribution in [0.2, 0.25) is 0 Å². The fourth-order valence-electron chi connectivity index (χ4n) is 4.36. The molecular weight excluding hydrogens is 536 g/mol. The van der Waals surface area contributed by atoms with Gasteiger partial charge in [0.05, 0.1) is 17.7 Å². The molecule has 1 N–H and O–H groups in total. The molecule has 0 radical (unpaired) electrons. The van der Waals surface area contributed by atoms with Gasteiger partial charge in [0.25, 0.3) is 0 Å². The lowest BCUT2D eigenvalue weighted by molar-refractivity contribution is -0.144. The molecule has 0 fully saturated rings. The van der Waals surface area contributed by atoms with E-state index >= 15 is 0 Å². The Kier molecular flexibility index (Phi) is 17.7. The molecule has 4 nitrogen and oxygen atoms in total. The van der Waals surface area contributed by atoms with Gasteiger partial charge >= 0.3 is 18.3 Å². The van der Waals surface area contributed by atoms with Crippen molar-refractivity contribution in [1.29, 1.82) is 0 Å². The number of ether oxygens (including phenoxy) is 1. The number of amides is 1. The van der Waals surface area contributed by atoms with E-state index in [4.69, 9.17) is 4.74 Å². The van der Waals surface area contributed by atoms with E-state index in [1.807, 2.05) is 0 Å². The molecular formula is C30H45F6NO3. The van der Waals surface area contributed by atoms with Crippen molar-refractivity contribution < 1.29 is 40.7 Å². The molecule has 1 rings (SSSR count). The fourth-order valence-corrected chi connectivity index (χ4v) is 4.36. The van der Waals surface area contributed by atoms with Gasteiger partial charge in [-0.25, -0.2) is 0 Å². The number of hydrogen-bond acceptors (Lipinski definition) is 3. The largest absolute Gasteiger partial charge is 0.466 e. The van der Waals surface area contributed by atoms with Crippen LogP contribution in [0.25, 0.3) is 0 Å². The maximum atomic E-state index is 12.9. The zero-order valence-electron chi connectivity index (χ0n) is 23.7. The summed E-state index contributed by atoms with van der Waals surface area (Å²) in [5, 5.41) is 2.30. The van der Waals surface area contributed by atoms with Crippen molar-refractivity contribution >= 4 is 11.9 Å². The predicted octanol–water partition coefficient (Wildman–Crippen LogP) is 9.54. The number of rotatable bonds is 21. The van der Waals surface area contributed by atoms with Gasteiger partial charge in [-0.2, -0.15) is 26.3 Å². The number of hydrogen-bond donors (Lipinski definition) is 1. The molecule has 40 heavy (non-hydrogen) atoms. The number of alkyl halides is 6. The van der Waals surface area contributed by atoms with Gasteiger partial charge in [0.1, 0.15) is 0 Å². The van der Waals surface area contributed by atoms with E-state index < -0.39 is 41.9 Å². The van der Waals surface area contributed by atoms with Crippen LogP contribution in [-0.4, -0.2) is 18.5 Å². The van der Waals surface area contributed by atoms with Crippen molar-refractivity contribution in [2.75, 3.05) is 6.61 Å². The highest BCUT2D eigenvalue weighted by Gasteiger charge is 2.36. The highest BCUT2D eigenvalue weighted by molar-refractivity contribution is 5.77. The molecule has 0 aliphatic rings. The molecule has 0 spiro atoms. The first kappa shape index (κ1) is 35.8. The van der Waals surface area contributed by atoms with Crippen LogP contribution in [0, 0.1) is 0 Å². The standard InChI is InChI=1S/C30H45F6NO3/c1-2-3-4-5-6-7-8-9-10-11-12-13-14-15-19-40-28(39)18-16-17-27(38)37-23-24-20-25(29(31,32)33)22-26(21-24)30(34,35)36/h20-22H,2-19,23H2,1H3,(H,37,38). The number of benzene rings is 1. The van der Waals surface area contributed by atoms with Crippen LogP contribution in [-0.2, 0) is 33.2 Å². The number of unbranched alkanes of at least 4 members (excludes halogenated alkanes) is 13. The molecule has 0 aliphatic heterocycles. The third-order valence-electron chi connectivity index (χ3n) is 6.68. The van der Waals surface area contributed by atoms with Gasteiger partial charge in [-0.15, -0.1) is 0 Å². The average molecular weight is 582 g/mol. The molecule has 0 unspecified atom stereocenters. The number of carbonyl (C=O) groups is 2. The van der Waals surface area contributed by atoms with Gasteiger partial charge in [-0.3, -0.25) is 9.59 Å². The van der Waals surface area contributed by atoms with Gasteiger partial charge in [-0.1, -0.05) is 90.4 Å². The number of esters is 1. The second-order valence-corrected chi connectivity index (χ2v) is 10.4. The quantitative estimate of drug-likeness (QED) is 0.0894. The first-order valence-electron chi connectivity index (χ1n) is 14.6. The summed E-state index contributed by atoms with van der Waals surface area (Å²) in [5.41, 5.74) is -3.19. The van der Waals surface area contributed by atoms with Crippen molar-refractivity contribution in [2.24, 2.45) is 0 Å². The second kappa shape index (κ2) is 19.8. The summed E-state index contributed by atoms with van der Waals surface area (Å²) in [6.07, 6.45) is 7.38. The first-order chi connectivity index (χ1) is 18.9. The molecule has 0 aliphatic carbocycles. The third-order valence-corrected chi connectivity index (χ3v) is 6.68. The Morgan fingerprint density at radius 1 is 0.650 bits per heavy atom. The van der Waals surface area contributed by atoms with E-state index in [0.29, 0.717) is 18.7 Å². The molecule has 1 amide bonds. The van der Waals surface area contributed by atoms with E-state index in [0.717, 1.165) is 19.3 Å². The second-order valence-electron chi connectivity index (χ2n) is 10.4. The summed E-state index contributed by atoms with van der Waals surface area (Å²) in [4.78, 5) is 23.8. The van der Waals surface area contributed by atoms with Crippen molar-refractivity contribution in [3.8, 4) is 0 Å². The van der Waals surface area contributed by atoms with Crippen molar-refractivity contribution in [2.45, 2.75) is 135 Å². The van der Waals surface area contributed by atoms with Crippen molar-refractivity contribution in [3.63, 3.8) is 0 Å². The lowest BCUT2D eigenvalue weighted by atomic mass is 10.0. The van der Waals surface area contributed by atoms with Gasteiger partial charge in [0.2, 0.25) is 5.91 Å². The van der Waals surface area contributed by atoms with Crippen LogP contribution in [0.5, 0.6) is 0 Å². The summed E-state index contributed by atoms with van der Waals surface area (Å²) in [7, 11) is 0. The average Bonchev–Trinajstić information content (AvgIpc) is 2.88. The summed E-state index contributed by atoms with van der Waals surface area (Å²) < 4.78 is 82.8. The fraction of sp³-hybridized carbons (Fsp3) is 0.733. The minimum Gasteiger partial charge on any atom is -0.466 e. The predicted molar refractivity (Wildman–Crippen MR) is 143 cm³/mol. The minimum atomic E-state index is -4.95. The Bertz CT molecular complexity index is 823. The van der Waals surface area contributed by atoms with Crippen LogP contribution in [0.4, 0.5) is 26.3 Å². The maximum Gasteiger partial charge on any atom is 0.416 e. The monoisotopic (exact) mass is 581 g/mol.